The number of hydrogen-bond acceptors (Lipinski definition) is 2. The van der Waals surface area contributed by atoms with E-state index in [0.717, 1.165) is 18.7 Å². The topological polar surface area (TPSA) is 29.5 Å². The summed E-state index contributed by atoms with van der Waals surface area (Å²) >= 11 is 0. The van der Waals surface area contributed by atoms with Crippen molar-refractivity contribution in [1.29, 1.82) is 0 Å². The van der Waals surface area contributed by atoms with E-state index in [1.54, 1.807) is 6.92 Å². The average molecular weight is 249 g/mol. The zero-order valence-electron chi connectivity index (χ0n) is 11.8. The van der Waals surface area contributed by atoms with Crippen molar-refractivity contribution < 1.29 is 9.53 Å². The highest BCUT2D eigenvalue weighted by molar-refractivity contribution is 5.73. The zero-order valence-corrected chi connectivity index (χ0v) is 11.8. The number of nitrogens with zero attached hydrogens (tertiary/aromatic N) is 1. The number of likely N-dealkylation sites (tertiary alicyclic amines) is 1. The molecule has 3 nitrogen and oxygen atoms in total. The van der Waals surface area contributed by atoms with Crippen LogP contribution in [0.3, 0.4) is 0 Å². The predicted molar refractivity (Wildman–Crippen MR) is 73.8 cm³/mol. The second-order valence-corrected chi connectivity index (χ2v) is 4.31. The van der Waals surface area contributed by atoms with Crippen molar-refractivity contribution in [2.75, 3.05) is 13.1 Å². The molecule has 100 valence electrons. The lowest BCUT2D eigenvalue weighted by Crippen LogP contribution is -2.28. The van der Waals surface area contributed by atoms with E-state index < -0.39 is 0 Å². The van der Waals surface area contributed by atoms with Crippen LogP contribution in [0.5, 0.6) is 5.75 Å². The smallest absolute Gasteiger partial charge is 0.219 e. The maximum Gasteiger partial charge on any atom is 0.219 e. The van der Waals surface area contributed by atoms with Gasteiger partial charge in [-0.1, -0.05) is 31.5 Å². The lowest BCUT2D eigenvalue weighted by molar-refractivity contribution is -0.128. The fourth-order valence-corrected chi connectivity index (χ4v) is 1.92. The van der Waals surface area contributed by atoms with Gasteiger partial charge in [-0.15, -0.1) is 0 Å². The van der Waals surface area contributed by atoms with E-state index >= 15 is 0 Å². The van der Waals surface area contributed by atoms with Crippen LogP contribution in [0.15, 0.2) is 24.3 Å². The number of carbonyl (C=O) groups is 1. The summed E-state index contributed by atoms with van der Waals surface area (Å²) in [6, 6.07) is 8.03. The van der Waals surface area contributed by atoms with E-state index in [0.29, 0.717) is 6.54 Å². The molecular weight excluding hydrogens is 226 g/mol. The molecule has 2 rings (SSSR count). The van der Waals surface area contributed by atoms with Crippen LogP contribution >= 0.6 is 0 Å². The molecular formula is C15H23NO2. The molecule has 1 unspecified atom stereocenters. The minimum Gasteiger partial charge on any atom is -0.489 e. The van der Waals surface area contributed by atoms with Crippen molar-refractivity contribution in [3.05, 3.63) is 29.8 Å². The molecule has 0 aromatic heterocycles. The Hall–Kier alpha value is -1.51. The van der Waals surface area contributed by atoms with Gasteiger partial charge in [0.25, 0.3) is 0 Å². The number of rotatable bonds is 2. The number of hydrogen-bond donors (Lipinski definition) is 0. The maximum atomic E-state index is 11.2. The van der Waals surface area contributed by atoms with E-state index in [9.17, 15) is 4.79 Å². The summed E-state index contributed by atoms with van der Waals surface area (Å²) in [5.74, 6) is 1.02. The van der Waals surface area contributed by atoms with E-state index in [-0.39, 0.29) is 12.0 Å². The summed E-state index contributed by atoms with van der Waals surface area (Å²) < 4.78 is 5.82. The highest BCUT2D eigenvalue weighted by atomic mass is 16.5. The summed E-state index contributed by atoms with van der Waals surface area (Å²) in [4.78, 5) is 13.0. The second-order valence-electron chi connectivity index (χ2n) is 4.31. The van der Waals surface area contributed by atoms with Crippen molar-refractivity contribution in [3.63, 3.8) is 0 Å². The molecule has 0 spiro atoms. The second kappa shape index (κ2) is 7.04. The van der Waals surface area contributed by atoms with Crippen LogP contribution in [0.2, 0.25) is 0 Å². The van der Waals surface area contributed by atoms with Gasteiger partial charge in [0.2, 0.25) is 5.91 Å². The SMILES string of the molecule is CC.CC(=O)N1CCC(Oc2ccc(C)cc2)C1. The first kappa shape index (κ1) is 14.6. The van der Waals surface area contributed by atoms with Crippen LogP contribution in [-0.2, 0) is 4.79 Å². The number of carbonyl (C=O) groups excluding carboxylic acids is 1. The largest absolute Gasteiger partial charge is 0.489 e. The van der Waals surface area contributed by atoms with Crippen LogP contribution in [0.4, 0.5) is 0 Å². The Morgan fingerprint density at radius 3 is 2.39 bits per heavy atom. The molecule has 1 aliphatic heterocycles. The normalized spacial score (nSPS) is 18.0. The first-order chi connectivity index (χ1) is 8.65. The summed E-state index contributed by atoms with van der Waals surface area (Å²) in [5, 5.41) is 0. The van der Waals surface area contributed by atoms with Gasteiger partial charge in [0.05, 0.1) is 6.54 Å². The number of ether oxygens (including phenoxy) is 1. The van der Waals surface area contributed by atoms with Gasteiger partial charge in [-0.3, -0.25) is 4.79 Å². The Bertz CT molecular complexity index is 373. The third kappa shape index (κ3) is 4.06. The lowest BCUT2D eigenvalue weighted by Gasteiger charge is -2.15. The maximum absolute atomic E-state index is 11.2. The summed E-state index contributed by atoms with van der Waals surface area (Å²) in [7, 11) is 0. The monoisotopic (exact) mass is 249 g/mol. The molecule has 1 heterocycles. The Morgan fingerprint density at radius 2 is 1.89 bits per heavy atom. The molecule has 1 aromatic rings. The van der Waals surface area contributed by atoms with Crippen molar-refractivity contribution in [2.45, 2.75) is 40.2 Å². The van der Waals surface area contributed by atoms with Crippen LogP contribution in [-0.4, -0.2) is 30.0 Å². The molecule has 1 amide bonds. The quantitative estimate of drug-likeness (QED) is 0.806. The van der Waals surface area contributed by atoms with Gasteiger partial charge in [-0.25, -0.2) is 0 Å². The van der Waals surface area contributed by atoms with Crippen LogP contribution in [0.1, 0.15) is 32.8 Å². The van der Waals surface area contributed by atoms with Crippen LogP contribution < -0.4 is 4.74 Å². The number of amides is 1. The average Bonchev–Trinajstić information content (AvgIpc) is 2.83. The molecule has 18 heavy (non-hydrogen) atoms. The first-order valence-electron chi connectivity index (χ1n) is 6.64. The fourth-order valence-electron chi connectivity index (χ4n) is 1.92. The Labute approximate surface area is 110 Å². The molecule has 1 fully saturated rings. The minimum atomic E-state index is 0.134. The van der Waals surface area contributed by atoms with Gasteiger partial charge >= 0.3 is 0 Å². The summed E-state index contributed by atoms with van der Waals surface area (Å²) in [6.45, 7) is 9.18. The third-order valence-corrected chi connectivity index (χ3v) is 2.91. The molecule has 0 N–H and O–H groups in total. The molecule has 0 saturated carbocycles. The Balaban J connectivity index is 0.000000771. The van der Waals surface area contributed by atoms with Gasteiger partial charge in [0.15, 0.2) is 0 Å². The van der Waals surface area contributed by atoms with Gasteiger partial charge in [0, 0.05) is 19.9 Å². The Kier molecular flexibility index (Phi) is 5.69. The molecule has 1 aliphatic rings. The first-order valence-corrected chi connectivity index (χ1v) is 6.64. The molecule has 1 aromatic carbocycles. The summed E-state index contributed by atoms with van der Waals surface area (Å²) in [6.07, 6.45) is 1.07. The van der Waals surface area contributed by atoms with E-state index in [4.69, 9.17) is 4.74 Å². The van der Waals surface area contributed by atoms with Gasteiger partial charge in [-0.05, 0) is 19.1 Å². The molecule has 1 saturated heterocycles. The molecule has 0 aliphatic carbocycles. The zero-order chi connectivity index (χ0) is 13.5. The van der Waals surface area contributed by atoms with Crippen molar-refractivity contribution >= 4 is 5.91 Å². The highest BCUT2D eigenvalue weighted by Gasteiger charge is 2.25. The molecule has 0 radical (unpaired) electrons. The van der Waals surface area contributed by atoms with Crippen molar-refractivity contribution in [2.24, 2.45) is 0 Å². The highest BCUT2D eigenvalue weighted by Crippen LogP contribution is 2.18. The van der Waals surface area contributed by atoms with E-state index in [1.807, 2.05) is 43.0 Å². The van der Waals surface area contributed by atoms with Gasteiger partial charge in [-0.2, -0.15) is 0 Å². The third-order valence-electron chi connectivity index (χ3n) is 2.91. The van der Waals surface area contributed by atoms with Crippen LogP contribution in [0.25, 0.3) is 0 Å². The number of aryl methyl sites for hydroxylation is 1. The Morgan fingerprint density at radius 1 is 1.28 bits per heavy atom. The fraction of sp³-hybridized carbons (Fsp3) is 0.533. The van der Waals surface area contributed by atoms with Crippen molar-refractivity contribution in [3.8, 4) is 5.75 Å². The lowest BCUT2D eigenvalue weighted by atomic mass is 10.2. The van der Waals surface area contributed by atoms with Gasteiger partial charge in [0.1, 0.15) is 11.9 Å². The molecule has 0 bridgehead atoms. The standard InChI is InChI=1S/C13H17NO2.C2H6/c1-10-3-5-12(6-4-10)16-13-7-8-14(9-13)11(2)15;1-2/h3-6,13H,7-9H2,1-2H3;1-2H3. The van der Waals surface area contributed by atoms with Crippen LogP contribution in [0, 0.1) is 6.92 Å². The molecule has 3 heteroatoms. The van der Waals surface area contributed by atoms with Crippen molar-refractivity contribution in [1.82, 2.24) is 4.90 Å². The van der Waals surface area contributed by atoms with E-state index in [1.165, 1.54) is 5.56 Å². The molecule has 1 atom stereocenters. The number of benzene rings is 1. The van der Waals surface area contributed by atoms with E-state index in [2.05, 4.69) is 6.92 Å². The predicted octanol–water partition coefficient (Wildman–Crippen LogP) is 3.02. The van der Waals surface area contributed by atoms with Gasteiger partial charge < -0.3 is 9.64 Å². The minimum absolute atomic E-state index is 0.134. The summed E-state index contributed by atoms with van der Waals surface area (Å²) in [5.41, 5.74) is 1.23.